The molecule has 0 radical (unpaired) electrons. The Morgan fingerprint density at radius 1 is 1.33 bits per heavy atom. The van der Waals surface area contributed by atoms with Crippen molar-refractivity contribution in [3.05, 3.63) is 68.5 Å². The molecule has 0 bridgehead atoms. The van der Waals surface area contributed by atoms with Crippen LogP contribution in [-0.2, 0) is 0 Å². The molecule has 0 aromatic heterocycles. The third-order valence-corrected chi connectivity index (χ3v) is 3.57. The predicted octanol–water partition coefficient (Wildman–Crippen LogP) is 4.87. The Morgan fingerprint density at radius 2 is 2.05 bits per heavy atom. The number of hydrogen-bond donors (Lipinski definition) is 1. The third-order valence-electron chi connectivity index (χ3n) is 3.25. The second-order valence-corrected chi connectivity index (χ2v) is 5.17. The lowest BCUT2D eigenvalue weighted by Gasteiger charge is -2.17. The molecule has 0 aliphatic carbocycles. The van der Waals surface area contributed by atoms with Crippen LogP contribution in [0.3, 0.4) is 0 Å². The smallest absolute Gasteiger partial charge is 0.272 e. The molecule has 0 saturated carbocycles. The summed E-state index contributed by atoms with van der Waals surface area (Å²) in [6.07, 6.45) is 0. The number of hydrogen-bond acceptors (Lipinski definition) is 3. The van der Waals surface area contributed by atoms with Gasteiger partial charge in [0.1, 0.15) is 5.82 Å². The number of nitro benzene ring substituents is 1. The summed E-state index contributed by atoms with van der Waals surface area (Å²) < 4.78 is 13.7. The van der Waals surface area contributed by atoms with Crippen LogP contribution >= 0.6 is 11.6 Å². The van der Waals surface area contributed by atoms with E-state index in [4.69, 9.17) is 11.6 Å². The Balaban J connectivity index is 2.31. The van der Waals surface area contributed by atoms with E-state index >= 15 is 0 Å². The zero-order valence-corrected chi connectivity index (χ0v) is 12.3. The Labute approximate surface area is 126 Å². The van der Waals surface area contributed by atoms with Crippen LogP contribution in [0.1, 0.15) is 24.1 Å². The summed E-state index contributed by atoms with van der Waals surface area (Å²) in [7, 11) is 0. The van der Waals surface area contributed by atoms with Crippen molar-refractivity contribution < 1.29 is 9.31 Å². The quantitative estimate of drug-likeness (QED) is 0.647. The molecular weight excluding hydrogens is 295 g/mol. The van der Waals surface area contributed by atoms with Gasteiger partial charge in [-0.2, -0.15) is 0 Å². The fourth-order valence-electron chi connectivity index (χ4n) is 2.03. The summed E-state index contributed by atoms with van der Waals surface area (Å²) in [6.45, 7) is 3.46. The fourth-order valence-corrected chi connectivity index (χ4v) is 2.25. The number of halogens is 2. The van der Waals surface area contributed by atoms with Crippen molar-refractivity contribution in [1.29, 1.82) is 0 Å². The van der Waals surface area contributed by atoms with Crippen molar-refractivity contribution in [3.8, 4) is 0 Å². The van der Waals surface area contributed by atoms with Gasteiger partial charge < -0.3 is 5.32 Å². The average Bonchev–Trinajstić information content (AvgIpc) is 2.43. The van der Waals surface area contributed by atoms with Crippen LogP contribution in [0.15, 0.2) is 36.4 Å². The molecule has 0 aliphatic rings. The van der Waals surface area contributed by atoms with Crippen LogP contribution in [0.25, 0.3) is 0 Å². The highest BCUT2D eigenvalue weighted by atomic mass is 35.5. The minimum atomic E-state index is -0.462. The summed E-state index contributed by atoms with van der Waals surface area (Å²) in [4.78, 5) is 10.5. The van der Waals surface area contributed by atoms with E-state index in [1.165, 1.54) is 18.2 Å². The maximum absolute atomic E-state index is 13.7. The second-order valence-electron chi connectivity index (χ2n) is 4.77. The van der Waals surface area contributed by atoms with Crippen molar-refractivity contribution in [1.82, 2.24) is 0 Å². The summed E-state index contributed by atoms with van der Waals surface area (Å²) in [5, 5.41) is 14.2. The number of nitrogens with zero attached hydrogens (tertiary/aromatic N) is 1. The molecule has 1 unspecified atom stereocenters. The zero-order chi connectivity index (χ0) is 15.6. The Kier molecular flexibility index (Phi) is 4.43. The Hall–Kier alpha value is -2.14. The molecule has 4 nitrogen and oxygen atoms in total. The lowest BCUT2D eigenvalue weighted by molar-refractivity contribution is -0.385. The van der Waals surface area contributed by atoms with Gasteiger partial charge in [-0.05, 0) is 31.5 Å². The van der Waals surface area contributed by atoms with Crippen LogP contribution in [0.5, 0.6) is 0 Å². The number of rotatable bonds is 4. The lowest BCUT2D eigenvalue weighted by atomic mass is 10.0. The summed E-state index contributed by atoms with van der Waals surface area (Å²) in [5.74, 6) is -0.462. The van der Waals surface area contributed by atoms with E-state index in [0.717, 1.165) is 0 Å². The van der Waals surface area contributed by atoms with Gasteiger partial charge in [-0.3, -0.25) is 10.1 Å². The van der Waals surface area contributed by atoms with Gasteiger partial charge in [-0.15, -0.1) is 0 Å². The standard InChI is InChI=1S/C15H14ClFN2O2/c1-9-6-7-11(8-14(9)19(20)21)10(2)18-15-12(16)4-3-5-13(15)17/h3-8,10,18H,1-2H3. The fraction of sp³-hybridized carbons (Fsp3) is 0.200. The minimum absolute atomic E-state index is 0.0424. The Morgan fingerprint density at radius 3 is 2.67 bits per heavy atom. The molecule has 0 aliphatic heterocycles. The van der Waals surface area contributed by atoms with E-state index in [-0.39, 0.29) is 22.4 Å². The normalized spacial score (nSPS) is 12.0. The molecule has 1 atom stereocenters. The molecule has 0 amide bonds. The highest BCUT2D eigenvalue weighted by molar-refractivity contribution is 6.33. The van der Waals surface area contributed by atoms with Crippen LogP contribution in [0.2, 0.25) is 5.02 Å². The van der Waals surface area contributed by atoms with E-state index in [1.54, 1.807) is 32.0 Å². The molecule has 0 saturated heterocycles. The largest absolute Gasteiger partial charge is 0.375 e. The number of benzene rings is 2. The molecule has 2 aromatic rings. The Bertz CT molecular complexity index is 671. The SMILES string of the molecule is Cc1ccc(C(C)Nc2c(F)cccc2Cl)cc1[N+](=O)[O-]. The third kappa shape index (κ3) is 3.31. The maximum Gasteiger partial charge on any atom is 0.272 e. The first kappa shape index (κ1) is 15.3. The van der Waals surface area contributed by atoms with Crippen molar-refractivity contribution in [2.24, 2.45) is 0 Å². The van der Waals surface area contributed by atoms with Crippen LogP contribution in [0.4, 0.5) is 15.8 Å². The van der Waals surface area contributed by atoms with Crippen molar-refractivity contribution in [2.75, 3.05) is 5.32 Å². The maximum atomic E-state index is 13.7. The van der Waals surface area contributed by atoms with E-state index in [2.05, 4.69) is 5.32 Å². The van der Waals surface area contributed by atoms with Gasteiger partial charge in [-0.1, -0.05) is 29.8 Å². The van der Waals surface area contributed by atoms with Crippen LogP contribution in [-0.4, -0.2) is 4.92 Å². The molecule has 21 heavy (non-hydrogen) atoms. The molecule has 2 aromatic carbocycles. The van der Waals surface area contributed by atoms with Crippen LogP contribution in [0, 0.1) is 22.9 Å². The first-order valence-electron chi connectivity index (χ1n) is 6.35. The van der Waals surface area contributed by atoms with Crippen molar-refractivity contribution in [2.45, 2.75) is 19.9 Å². The summed E-state index contributed by atoms with van der Waals surface area (Å²) in [5.41, 5.74) is 1.50. The highest BCUT2D eigenvalue weighted by Gasteiger charge is 2.16. The van der Waals surface area contributed by atoms with Gasteiger partial charge in [0.05, 0.1) is 15.6 Å². The van der Waals surface area contributed by atoms with Crippen LogP contribution < -0.4 is 5.32 Å². The first-order valence-corrected chi connectivity index (χ1v) is 6.73. The van der Waals surface area contributed by atoms with E-state index in [1.807, 2.05) is 0 Å². The topological polar surface area (TPSA) is 55.2 Å². The number of nitro groups is 1. The van der Waals surface area contributed by atoms with E-state index in [0.29, 0.717) is 11.1 Å². The number of para-hydroxylation sites is 1. The minimum Gasteiger partial charge on any atom is -0.375 e. The molecule has 0 heterocycles. The van der Waals surface area contributed by atoms with Gasteiger partial charge in [0.15, 0.2) is 0 Å². The van der Waals surface area contributed by atoms with E-state index in [9.17, 15) is 14.5 Å². The average molecular weight is 309 g/mol. The number of aryl methyl sites for hydroxylation is 1. The van der Waals surface area contributed by atoms with Gasteiger partial charge in [-0.25, -0.2) is 4.39 Å². The molecular formula is C15H14ClFN2O2. The molecule has 110 valence electrons. The summed E-state index contributed by atoms with van der Waals surface area (Å²) >= 11 is 5.96. The van der Waals surface area contributed by atoms with Gasteiger partial charge >= 0.3 is 0 Å². The zero-order valence-electron chi connectivity index (χ0n) is 11.6. The number of nitrogens with one attached hydrogen (secondary N) is 1. The molecule has 6 heteroatoms. The van der Waals surface area contributed by atoms with Crippen molar-refractivity contribution in [3.63, 3.8) is 0 Å². The molecule has 0 fully saturated rings. The second kappa shape index (κ2) is 6.10. The van der Waals surface area contributed by atoms with E-state index < -0.39 is 10.7 Å². The first-order chi connectivity index (χ1) is 9.90. The number of anilines is 1. The lowest BCUT2D eigenvalue weighted by Crippen LogP contribution is -2.09. The van der Waals surface area contributed by atoms with Crippen molar-refractivity contribution >= 4 is 23.0 Å². The highest BCUT2D eigenvalue weighted by Crippen LogP contribution is 2.30. The molecule has 2 rings (SSSR count). The van der Waals surface area contributed by atoms with Gasteiger partial charge in [0.2, 0.25) is 0 Å². The van der Waals surface area contributed by atoms with Gasteiger partial charge in [0.25, 0.3) is 5.69 Å². The molecule has 1 N–H and O–H groups in total. The monoisotopic (exact) mass is 308 g/mol. The predicted molar refractivity (Wildman–Crippen MR) is 81.3 cm³/mol. The van der Waals surface area contributed by atoms with Gasteiger partial charge in [0, 0.05) is 17.7 Å². The molecule has 0 spiro atoms. The summed E-state index contributed by atoms with van der Waals surface area (Å²) in [6, 6.07) is 9.02.